The molecule has 0 aromatic carbocycles. The van der Waals surface area contributed by atoms with E-state index in [-0.39, 0.29) is 26.1 Å². The van der Waals surface area contributed by atoms with Crippen LogP contribution in [0.1, 0.15) is 12.8 Å². The van der Waals surface area contributed by atoms with Gasteiger partial charge in [0.05, 0.1) is 145 Å². The van der Waals surface area contributed by atoms with Crippen LogP contribution in [0.4, 0.5) is 0 Å². The Morgan fingerprint density at radius 2 is 0.619 bits per heavy atom. The third kappa shape index (κ3) is 36.5. The van der Waals surface area contributed by atoms with E-state index >= 15 is 0 Å². The van der Waals surface area contributed by atoms with Crippen LogP contribution in [0.5, 0.6) is 0 Å². The highest BCUT2D eigenvalue weighted by Gasteiger charge is 2.02. The van der Waals surface area contributed by atoms with Gasteiger partial charge >= 0.3 is 5.97 Å². The second-order valence-electron chi connectivity index (χ2n) is 8.21. The van der Waals surface area contributed by atoms with Crippen LogP contribution in [0.25, 0.3) is 0 Å². The molecule has 42 heavy (non-hydrogen) atoms. The first-order valence-corrected chi connectivity index (χ1v) is 14.3. The molecule has 0 atom stereocenters. The monoisotopic (exact) mass is 615 g/mol. The number of methoxy groups -OCH3 is 1. The van der Waals surface area contributed by atoms with E-state index in [2.05, 4.69) is 0 Å². The molecule has 0 aliphatic rings. The van der Waals surface area contributed by atoms with E-state index in [0.29, 0.717) is 132 Å². The molecule has 0 fully saturated rings. The van der Waals surface area contributed by atoms with Gasteiger partial charge in [-0.1, -0.05) is 0 Å². The molecule has 0 radical (unpaired) electrons. The van der Waals surface area contributed by atoms with Gasteiger partial charge in [0.2, 0.25) is 0 Å². The van der Waals surface area contributed by atoms with Gasteiger partial charge in [-0.2, -0.15) is 0 Å². The molecule has 0 N–H and O–H groups in total. The van der Waals surface area contributed by atoms with Crippen LogP contribution in [-0.2, 0) is 66.4 Å². The summed E-state index contributed by atoms with van der Waals surface area (Å²) in [5.41, 5.74) is 0. The summed E-state index contributed by atoms with van der Waals surface area (Å²) in [5.74, 6) is -1.88. The van der Waals surface area contributed by atoms with Gasteiger partial charge in [-0.15, -0.1) is 0 Å². The topological polar surface area (TPSA) is 168 Å². The summed E-state index contributed by atoms with van der Waals surface area (Å²) >= 11 is 0. The van der Waals surface area contributed by atoms with Crippen LogP contribution in [-0.4, -0.2) is 164 Å². The number of hydrogen-bond donors (Lipinski definition) is 0. The molecule has 250 valence electrons. The van der Waals surface area contributed by atoms with Crippen molar-refractivity contribution in [2.24, 2.45) is 0 Å². The van der Waals surface area contributed by atoms with Gasteiger partial charge in [0.15, 0.2) is 0 Å². The predicted molar refractivity (Wildman–Crippen MR) is 145 cm³/mol. The molecule has 0 aromatic rings. The Hall–Kier alpha value is -1.50. The molecule has 0 rings (SSSR count). The van der Waals surface area contributed by atoms with Gasteiger partial charge in [-0.3, -0.25) is 4.79 Å². The van der Waals surface area contributed by atoms with E-state index in [0.717, 1.165) is 0 Å². The van der Waals surface area contributed by atoms with Crippen molar-refractivity contribution in [1.82, 2.24) is 0 Å². The van der Waals surface area contributed by atoms with Crippen molar-refractivity contribution in [3.63, 3.8) is 0 Å². The summed E-state index contributed by atoms with van der Waals surface area (Å²) in [7, 11) is 1.64. The standard InChI is InChI=1S/C27H52O15/c1-31-4-5-32-6-7-33-8-9-34-10-11-35-12-13-36-14-15-37-16-17-38-18-19-39-20-21-40-22-23-41-24-25-42-27(30)3-2-26(28)29/h2-25H2,1H3,(H,28,29)/p-1. The highest BCUT2D eigenvalue weighted by molar-refractivity contribution is 5.75. The highest BCUT2D eigenvalue weighted by Crippen LogP contribution is 1.92. The van der Waals surface area contributed by atoms with Gasteiger partial charge in [0, 0.05) is 13.1 Å². The number of esters is 1. The zero-order valence-electron chi connectivity index (χ0n) is 25.1. The molecule has 0 aliphatic carbocycles. The fraction of sp³-hybridized carbons (Fsp3) is 0.926. The minimum atomic E-state index is -1.28. The van der Waals surface area contributed by atoms with Crippen molar-refractivity contribution in [3.05, 3.63) is 0 Å². The molecule has 15 nitrogen and oxygen atoms in total. The number of carbonyl (C=O) groups excluding carboxylic acids is 2. The number of carboxylic acid groups (broad SMARTS) is 1. The zero-order valence-corrected chi connectivity index (χ0v) is 25.1. The minimum absolute atomic E-state index is 0.0620. The van der Waals surface area contributed by atoms with Crippen LogP contribution < -0.4 is 5.11 Å². The Balaban J connectivity index is 3.08. The van der Waals surface area contributed by atoms with Crippen LogP contribution in [0.15, 0.2) is 0 Å². The Morgan fingerprint density at radius 3 is 0.857 bits per heavy atom. The van der Waals surface area contributed by atoms with E-state index in [1.54, 1.807) is 7.11 Å². The molecule has 0 aromatic heterocycles. The molecule has 0 unspecified atom stereocenters. The zero-order chi connectivity index (χ0) is 30.6. The summed E-state index contributed by atoms with van der Waals surface area (Å²) in [4.78, 5) is 21.4. The second kappa shape index (κ2) is 35.7. The van der Waals surface area contributed by atoms with E-state index in [9.17, 15) is 14.7 Å². The summed E-state index contributed by atoms with van der Waals surface area (Å²) in [6.07, 6.45) is -0.560. The quantitative estimate of drug-likeness (QED) is 0.0613. The Kier molecular flexibility index (Phi) is 34.4. The highest BCUT2D eigenvalue weighted by atomic mass is 16.6. The van der Waals surface area contributed by atoms with Crippen molar-refractivity contribution in [2.45, 2.75) is 12.8 Å². The Bertz CT molecular complexity index is 568. The van der Waals surface area contributed by atoms with Gasteiger partial charge in [-0.05, 0) is 6.42 Å². The Morgan fingerprint density at radius 1 is 0.381 bits per heavy atom. The number of carboxylic acids is 1. The lowest BCUT2D eigenvalue weighted by Gasteiger charge is -2.09. The molecular weight excluding hydrogens is 564 g/mol. The number of rotatable bonds is 36. The summed E-state index contributed by atoms with van der Waals surface area (Å²) in [6, 6.07) is 0. The third-order valence-corrected chi connectivity index (χ3v) is 4.80. The van der Waals surface area contributed by atoms with E-state index in [1.807, 2.05) is 0 Å². The molecule has 0 amide bonds. The van der Waals surface area contributed by atoms with Crippen LogP contribution >= 0.6 is 0 Å². The first-order chi connectivity index (χ1) is 20.7. The smallest absolute Gasteiger partial charge is 0.306 e. The molecule has 0 bridgehead atoms. The average Bonchev–Trinajstić information content (AvgIpc) is 2.98. The summed E-state index contributed by atoms with van der Waals surface area (Å²) < 4.78 is 63.5. The SMILES string of the molecule is COCCOCCOCCOCCOCCOCCOCCOCCOCCOCCOCCOC(=O)CCC(=O)[O-]. The first kappa shape index (κ1) is 40.5. The summed E-state index contributed by atoms with van der Waals surface area (Å²) in [5, 5.41) is 10.2. The normalized spacial score (nSPS) is 11.3. The van der Waals surface area contributed by atoms with Crippen LogP contribution in [0.2, 0.25) is 0 Å². The fourth-order valence-electron chi connectivity index (χ4n) is 2.71. The lowest BCUT2D eigenvalue weighted by atomic mass is 10.3. The number of carbonyl (C=O) groups is 2. The van der Waals surface area contributed by atoms with Crippen molar-refractivity contribution in [1.29, 1.82) is 0 Å². The fourth-order valence-corrected chi connectivity index (χ4v) is 2.71. The molecule has 0 saturated heterocycles. The number of ether oxygens (including phenoxy) is 12. The van der Waals surface area contributed by atoms with Gasteiger partial charge < -0.3 is 66.7 Å². The van der Waals surface area contributed by atoms with E-state index in [4.69, 9.17) is 56.8 Å². The molecule has 0 aliphatic heterocycles. The average molecular weight is 616 g/mol. The third-order valence-electron chi connectivity index (χ3n) is 4.80. The second-order valence-corrected chi connectivity index (χ2v) is 8.21. The largest absolute Gasteiger partial charge is 0.550 e. The lowest BCUT2D eigenvalue weighted by molar-refractivity contribution is -0.305. The van der Waals surface area contributed by atoms with Crippen molar-refractivity contribution >= 4 is 11.9 Å². The maximum absolute atomic E-state index is 11.2. The molecule has 0 saturated carbocycles. The molecule has 15 heteroatoms. The first-order valence-electron chi connectivity index (χ1n) is 14.3. The van der Waals surface area contributed by atoms with E-state index < -0.39 is 11.9 Å². The van der Waals surface area contributed by atoms with Crippen LogP contribution in [0.3, 0.4) is 0 Å². The predicted octanol–water partition coefficient (Wildman–Crippen LogP) is -1.13. The molecular formula is C27H51O15-. The molecule has 0 spiro atoms. The van der Waals surface area contributed by atoms with Gasteiger partial charge in [0.1, 0.15) is 6.61 Å². The lowest BCUT2D eigenvalue weighted by Crippen LogP contribution is -2.23. The minimum Gasteiger partial charge on any atom is -0.550 e. The molecule has 0 heterocycles. The number of aliphatic carboxylic acids is 1. The van der Waals surface area contributed by atoms with Crippen LogP contribution in [0, 0.1) is 0 Å². The van der Waals surface area contributed by atoms with E-state index in [1.165, 1.54) is 0 Å². The maximum Gasteiger partial charge on any atom is 0.306 e. The number of hydrogen-bond acceptors (Lipinski definition) is 15. The van der Waals surface area contributed by atoms with Crippen molar-refractivity contribution < 1.29 is 71.5 Å². The van der Waals surface area contributed by atoms with Crippen molar-refractivity contribution in [2.75, 3.05) is 152 Å². The maximum atomic E-state index is 11.2. The van der Waals surface area contributed by atoms with Gasteiger partial charge in [-0.25, -0.2) is 0 Å². The van der Waals surface area contributed by atoms with Crippen molar-refractivity contribution in [3.8, 4) is 0 Å². The summed E-state index contributed by atoms with van der Waals surface area (Å²) in [6.45, 7) is 9.98. The van der Waals surface area contributed by atoms with Gasteiger partial charge in [0.25, 0.3) is 0 Å². The Labute approximate surface area is 249 Å².